The highest BCUT2D eigenvalue weighted by Crippen LogP contribution is 2.38. The Morgan fingerprint density at radius 1 is 0.860 bits per heavy atom. The van der Waals surface area contributed by atoms with Gasteiger partial charge in [-0.25, -0.2) is 0 Å². The quantitative estimate of drug-likeness (QED) is 0.142. The molecule has 0 bridgehead atoms. The Morgan fingerprint density at radius 3 is 2.00 bits per heavy atom. The van der Waals surface area contributed by atoms with Crippen LogP contribution in [-0.2, 0) is 9.16 Å². The summed E-state index contributed by atoms with van der Waals surface area (Å²) in [5, 5.41) is 12.9. The lowest BCUT2D eigenvalue weighted by Crippen LogP contribution is -2.66. The molecule has 5 rings (SSSR count). The minimum Gasteiger partial charge on any atom is -0.507 e. The van der Waals surface area contributed by atoms with Crippen molar-refractivity contribution >= 4 is 30.3 Å². The first-order valence-electron chi connectivity index (χ1n) is 15.1. The fraction of sp³-hybridized carbons (Fsp3) is 0.231. The topological polar surface area (TPSA) is 38.7 Å². The molecule has 1 N–H and O–H groups in total. The maximum atomic E-state index is 10.4. The van der Waals surface area contributed by atoms with E-state index in [1.165, 1.54) is 10.4 Å². The lowest BCUT2D eigenvalue weighted by Gasteiger charge is -2.43. The van der Waals surface area contributed by atoms with E-state index in [-0.39, 0.29) is 16.9 Å². The van der Waals surface area contributed by atoms with Gasteiger partial charge in [0, 0.05) is 5.56 Å². The van der Waals surface area contributed by atoms with E-state index in [4.69, 9.17) is 9.16 Å². The first kappa shape index (κ1) is 30.5. The molecule has 4 aromatic carbocycles. The van der Waals surface area contributed by atoms with Crippen LogP contribution in [0.5, 0.6) is 5.75 Å². The van der Waals surface area contributed by atoms with E-state index in [2.05, 4.69) is 124 Å². The summed E-state index contributed by atoms with van der Waals surface area (Å²) in [4.78, 5) is 0. The first-order valence-corrected chi connectivity index (χ1v) is 17.0. The van der Waals surface area contributed by atoms with E-state index in [1.54, 1.807) is 6.07 Å². The predicted octanol–water partition coefficient (Wildman–Crippen LogP) is 8.17. The molecule has 0 spiro atoms. The Morgan fingerprint density at radius 2 is 1.42 bits per heavy atom. The van der Waals surface area contributed by atoms with Gasteiger partial charge >= 0.3 is 0 Å². The van der Waals surface area contributed by atoms with Gasteiger partial charge in [0.2, 0.25) is 0 Å². The number of hydrogen-bond acceptors (Lipinski definition) is 3. The first-order chi connectivity index (χ1) is 20.8. The molecule has 0 saturated carbocycles. The molecule has 3 nitrogen and oxygen atoms in total. The van der Waals surface area contributed by atoms with Gasteiger partial charge in [-0.2, -0.15) is 0 Å². The Balaban J connectivity index is 1.36. The zero-order valence-corrected chi connectivity index (χ0v) is 26.5. The largest absolute Gasteiger partial charge is 0.507 e. The third kappa shape index (κ3) is 6.83. The molecule has 0 aromatic heterocycles. The van der Waals surface area contributed by atoms with Crippen LogP contribution in [0.1, 0.15) is 44.7 Å². The average Bonchev–Trinajstić information content (AvgIpc) is 3.50. The minimum absolute atomic E-state index is 0.0632. The number of phenols is 1. The van der Waals surface area contributed by atoms with Crippen molar-refractivity contribution in [3.05, 3.63) is 150 Å². The molecule has 1 aliphatic heterocycles. The van der Waals surface area contributed by atoms with Crippen LogP contribution in [0.15, 0.2) is 139 Å². The van der Waals surface area contributed by atoms with Crippen molar-refractivity contribution in [3.8, 4) is 5.75 Å². The van der Waals surface area contributed by atoms with Crippen LogP contribution in [-0.4, -0.2) is 32.7 Å². The van der Waals surface area contributed by atoms with E-state index in [9.17, 15) is 5.11 Å². The van der Waals surface area contributed by atoms with Crippen molar-refractivity contribution in [1.29, 1.82) is 0 Å². The molecule has 4 aromatic rings. The Bertz CT molecular complexity index is 1530. The third-order valence-corrected chi connectivity index (χ3v) is 13.3. The number of hydrogen-bond donors (Lipinski definition) is 1. The predicted molar refractivity (Wildman–Crippen MR) is 182 cm³/mol. The number of ether oxygens (including phenoxy) is 1. The number of phenolic OH excluding ortho intramolecular Hbond substituents is 1. The Labute approximate surface area is 258 Å². The Kier molecular flexibility index (Phi) is 9.61. The van der Waals surface area contributed by atoms with Crippen molar-refractivity contribution in [2.45, 2.75) is 44.8 Å². The molecule has 1 aliphatic rings. The van der Waals surface area contributed by atoms with E-state index in [0.717, 1.165) is 40.7 Å². The summed E-state index contributed by atoms with van der Waals surface area (Å²) in [7, 11) is -2.68. The maximum absolute atomic E-state index is 10.4. The summed E-state index contributed by atoms with van der Waals surface area (Å²) in [6.07, 6.45) is 5.79. The van der Waals surface area contributed by atoms with Crippen molar-refractivity contribution < 1.29 is 14.3 Å². The monoisotopic (exact) mass is 586 g/mol. The molecule has 1 heterocycles. The minimum atomic E-state index is -2.68. The number of para-hydroxylation sites is 1. The van der Waals surface area contributed by atoms with Gasteiger partial charge < -0.3 is 14.3 Å². The fourth-order valence-corrected chi connectivity index (χ4v) is 10.7. The number of benzene rings is 4. The summed E-state index contributed by atoms with van der Waals surface area (Å²) < 4.78 is 13.4. The average molecular weight is 587 g/mol. The highest BCUT2D eigenvalue weighted by Gasteiger charge is 2.50. The molecule has 0 amide bonds. The van der Waals surface area contributed by atoms with Gasteiger partial charge in [0.15, 0.2) is 0 Å². The smallest absolute Gasteiger partial charge is 0.261 e. The van der Waals surface area contributed by atoms with Crippen molar-refractivity contribution in [2.75, 3.05) is 13.2 Å². The highest BCUT2D eigenvalue weighted by atomic mass is 28.4. The van der Waals surface area contributed by atoms with Crippen LogP contribution in [0, 0.1) is 0 Å². The fourth-order valence-electron chi connectivity index (χ4n) is 6.16. The number of rotatable bonds is 11. The van der Waals surface area contributed by atoms with Gasteiger partial charge in [-0.05, 0) is 62.7 Å². The third-order valence-electron chi connectivity index (χ3n) is 8.32. The zero-order valence-electron chi connectivity index (χ0n) is 25.5. The second-order valence-corrected chi connectivity index (χ2v) is 16.5. The van der Waals surface area contributed by atoms with Crippen LogP contribution in [0.4, 0.5) is 0 Å². The van der Waals surface area contributed by atoms with Crippen molar-refractivity contribution in [3.63, 3.8) is 0 Å². The molecule has 0 radical (unpaired) electrons. The van der Waals surface area contributed by atoms with Crippen molar-refractivity contribution in [1.82, 2.24) is 0 Å². The molecule has 4 heteroatoms. The molecular formula is C39H42O3Si. The second kappa shape index (κ2) is 13.6. The SMILES string of the molecule is C=C(CO[Si](c1ccccc1)(c1ccccc1)C(C)(C)C)C1=CCOC1CC/C(=C/c1ccccc1O)c1ccccc1. The van der Waals surface area contributed by atoms with Gasteiger partial charge in [0.05, 0.1) is 19.3 Å². The highest BCUT2D eigenvalue weighted by molar-refractivity contribution is 6.99. The molecule has 0 aliphatic carbocycles. The normalized spacial score (nSPS) is 15.7. The van der Waals surface area contributed by atoms with Crippen LogP contribution in [0.25, 0.3) is 11.6 Å². The summed E-state index contributed by atoms with van der Waals surface area (Å²) >= 11 is 0. The molecule has 1 atom stereocenters. The van der Waals surface area contributed by atoms with Crippen LogP contribution in [0.3, 0.4) is 0 Å². The molecule has 220 valence electrons. The van der Waals surface area contributed by atoms with Crippen LogP contribution < -0.4 is 10.4 Å². The molecule has 0 saturated heterocycles. The Hall–Kier alpha value is -3.96. The van der Waals surface area contributed by atoms with E-state index < -0.39 is 8.32 Å². The van der Waals surface area contributed by atoms with Gasteiger partial charge in [-0.15, -0.1) is 0 Å². The number of allylic oxidation sites excluding steroid dienone is 1. The van der Waals surface area contributed by atoms with E-state index >= 15 is 0 Å². The van der Waals surface area contributed by atoms with Gasteiger partial charge in [0.25, 0.3) is 8.32 Å². The lowest BCUT2D eigenvalue weighted by atomic mass is 9.93. The molecule has 43 heavy (non-hydrogen) atoms. The summed E-state index contributed by atoms with van der Waals surface area (Å²) in [5.74, 6) is 0.280. The summed E-state index contributed by atoms with van der Waals surface area (Å²) in [6.45, 7) is 12.4. The van der Waals surface area contributed by atoms with E-state index in [0.29, 0.717) is 13.2 Å². The zero-order chi connectivity index (χ0) is 30.3. The lowest BCUT2D eigenvalue weighted by molar-refractivity contribution is 0.117. The van der Waals surface area contributed by atoms with E-state index in [1.807, 2.05) is 24.3 Å². The van der Waals surface area contributed by atoms with Crippen LogP contribution >= 0.6 is 0 Å². The van der Waals surface area contributed by atoms with Crippen LogP contribution in [0.2, 0.25) is 5.04 Å². The standard InChI is InChI=1S/C39H42O3Si/c1-30(29-42-43(39(2,3)4,34-19-10-6-11-20-34)35-21-12-7-13-22-35)36-26-27-41-38(36)25-24-32(31-16-8-5-9-17-31)28-33-18-14-15-23-37(33)40/h5-23,26,28,38,40H,1,24-25,27,29H2,2-4H3/b32-28-. The van der Waals surface area contributed by atoms with Gasteiger partial charge in [-0.3, -0.25) is 0 Å². The van der Waals surface area contributed by atoms with Gasteiger partial charge in [0.1, 0.15) is 5.75 Å². The second-order valence-electron chi connectivity index (χ2n) is 12.2. The molecular weight excluding hydrogens is 545 g/mol. The molecule has 1 unspecified atom stereocenters. The molecule has 0 fully saturated rings. The summed E-state index contributed by atoms with van der Waals surface area (Å²) in [6, 6.07) is 39.3. The summed E-state index contributed by atoms with van der Waals surface area (Å²) in [5.41, 5.74) is 5.22. The number of aromatic hydroxyl groups is 1. The maximum Gasteiger partial charge on any atom is 0.261 e. The van der Waals surface area contributed by atoms with Gasteiger partial charge in [-0.1, -0.05) is 143 Å². The van der Waals surface area contributed by atoms with Crippen molar-refractivity contribution in [2.24, 2.45) is 0 Å².